The lowest BCUT2D eigenvalue weighted by molar-refractivity contribution is 0.107. The van der Waals surface area contributed by atoms with Crippen LogP contribution in [-0.2, 0) is 21.4 Å². The third kappa shape index (κ3) is 3.54. The molecule has 1 aromatic rings. The van der Waals surface area contributed by atoms with Crippen molar-refractivity contribution in [3.63, 3.8) is 0 Å². The van der Waals surface area contributed by atoms with E-state index in [0.717, 1.165) is 12.8 Å². The largest absolute Gasteiger partial charge is 0.392 e. The molecule has 0 saturated heterocycles. The number of rotatable bonds is 5. The lowest BCUT2D eigenvalue weighted by atomic mass is 10.2. The monoisotopic (exact) mass is 285 g/mol. The number of hydrogen-bond acceptors (Lipinski definition) is 4. The SMILES string of the molecule is COC1CCC(NS(=O)(=O)c2ccc(CO)cc2)C1. The Balaban J connectivity index is 2.05. The van der Waals surface area contributed by atoms with Gasteiger partial charge < -0.3 is 9.84 Å². The average molecular weight is 285 g/mol. The van der Waals surface area contributed by atoms with Crippen LogP contribution in [0, 0.1) is 0 Å². The summed E-state index contributed by atoms with van der Waals surface area (Å²) in [5, 5.41) is 8.94. The second kappa shape index (κ2) is 6.00. The van der Waals surface area contributed by atoms with Gasteiger partial charge in [0.2, 0.25) is 10.0 Å². The van der Waals surface area contributed by atoms with Crippen molar-refractivity contribution in [1.29, 1.82) is 0 Å². The van der Waals surface area contributed by atoms with Crippen molar-refractivity contribution in [3.05, 3.63) is 29.8 Å². The molecule has 2 rings (SSSR count). The van der Waals surface area contributed by atoms with Gasteiger partial charge in [-0.2, -0.15) is 0 Å². The van der Waals surface area contributed by atoms with Crippen molar-refractivity contribution >= 4 is 10.0 Å². The van der Waals surface area contributed by atoms with E-state index < -0.39 is 10.0 Å². The first kappa shape index (κ1) is 14.5. The molecule has 6 heteroatoms. The molecule has 2 N–H and O–H groups in total. The molecule has 1 fully saturated rings. The van der Waals surface area contributed by atoms with Crippen molar-refractivity contribution < 1.29 is 18.3 Å². The highest BCUT2D eigenvalue weighted by atomic mass is 32.2. The molecule has 1 aliphatic rings. The third-order valence-corrected chi connectivity index (χ3v) is 4.99. The third-order valence-electron chi connectivity index (χ3n) is 3.46. The topological polar surface area (TPSA) is 75.6 Å². The van der Waals surface area contributed by atoms with Crippen molar-refractivity contribution in [1.82, 2.24) is 4.72 Å². The van der Waals surface area contributed by atoms with Gasteiger partial charge in [0.25, 0.3) is 0 Å². The minimum atomic E-state index is -3.49. The number of aliphatic hydroxyl groups excluding tert-OH is 1. The van der Waals surface area contributed by atoms with Crippen molar-refractivity contribution in [2.75, 3.05) is 7.11 Å². The zero-order chi connectivity index (χ0) is 13.9. The summed E-state index contributed by atoms with van der Waals surface area (Å²) in [6.07, 6.45) is 2.54. The fraction of sp³-hybridized carbons (Fsp3) is 0.538. The van der Waals surface area contributed by atoms with Crippen LogP contribution in [-0.4, -0.2) is 32.8 Å². The van der Waals surface area contributed by atoms with Crippen LogP contribution < -0.4 is 4.72 Å². The van der Waals surface area contributed by atoms with Gasteiger partial charge in [-0.3, -0.25) is 0 Å². The van der Waals surface area contributed by atoms with E-state index in [1.54, 1.807) is 19.2 Å². The minimum Gasteiger partial charge on any atom is -0.392 e. The summed E-state index contributed by atoms with van der Waals surface area (Å²) >= 11 is 0. The Morgan fingerprint density at radius 1 is 1.32 bits per heavy atom. The summed E-state index contributed by atoms with van der Waals surface area (Å²) in [5.41, 5.74) is 0.694. The van der Waals surface area contributed by atoms with Crippen LogP contribution in [0.4, 0.5) is 0 Å². The zero-order valence-electron chi connectivity index (χ0n) is 10.9. The van der Waals surface area contributed by atoms with Gasteiger partial charge in [-0.15, -0.1) is 0 Å². The molecule has 0 aliphatic heterocycles. The highest BCUT2D eigenvalue weighted by molar-refractivity contribution is 7.89. The first-order chi connectivity index (χ1) is 9.05. The van der Waals surface area contributed by atoms with Crippen molar-refractivity contribution in [2.24, 2.45) is 0 Å². The number of nitrogens with one attached hydrogen (secondary N) is 1. The number of methoxy groups -OCH3 is 1. The predicted octanol–water partition coefficient (Wildman–Crippen LogP) is 1.02. The molecule has 1 aromatic carbocycles. The Morgan fingerprint density at radius 2 is 2.00 bits per heavy atom. The van der Waals surface area contributed by atoms with E-state index in [1.165, 1.54) is 12.1 Å². The molecule has 19 heavy (non-hydrogen) atoms. The van der Waals surface area contributed by atoms with E-state index in [4.69, 9.17) is 9.84 Å². The lowest BCUT2D eigenvalue weighted by Gasteiger charge is -2.13. The van der Waals surface area contributed by atoms with Crippen LogP contribution in [0.1, 0.15) is 24.8 Å². The van der Waals surface area contributed by atoms with Crippen LogP contribution in [0.3, 0.4) is 0 Å². The normalized spacial score (nSPS) is 23.7. The standard InChI is InChI=1S/C13H19NO4S/c1-18-12-5-4-11(8-12)14-19(16,17)13-6-2-10(9-15)3-7-13/h2-3,6-7,11-12,14-15H,4-5,8-9H2,1H3. The van der Waals surface area contributed by atoms with E-state index in [0.29, 0.717) is 12.0 Å². The molecule has 1 aliphatic carbocycles. The van der Waals surface area contributed by atoms with Gasteiger partial charge in [-0.05, 0) is 37.0 Å². The molecule has 0 radical (unpaired) electrons. The van der Waals surface area contributed by atoms with Gasteiger partial charge in [-0.25, -0.2) is 13.1 Å². The molecule has 0 heterocycles. The zero-order valence-corrected chi connectivity index (χ0v) is 11.7. The summed E-state index contributed by atoms with van der Waals surface area (Å²) in [7, 11) is -1.84. The van der Waals surface area contributed by atoms with Gasteiger partial charge >= 0.3 is 0 Å². The summed E-state index contributed by atoms with van der Waals surface area (Å²) < 4.78 is 32.3. The Kier molecular flexibility index (Phi) is 4.57. The van der Waals surface area contributed by atoms with Crippen LogP contribution >= 0.6 is 0 Å². The average Bonchev–Trinajstić information content (AvgIpc) is 2.85. The van der Waals surface area contributed by atoms with E-state index in [1.807, 2.05) is 0 Å². The van der Waals surface area contributed by atoms with E-state index in [-0.39, 0.29) is 23.6 Å². The predicted molar refractivity (Wildman–Crippen MR) is 71.1 cm³/mol. The maximum Gasteiger partial charge on any atom is 0.240 e. The van der Waals surface area contributed by atoms with Gasteiger partial charge in [0, 0.05) is 13.2 Å². The molecule has 0 spiro atoms. The maximum absolute atomic E-state index is 12.2. The first-order valence-corrected chi connectivity index (χ1v) is 7.78. The summed E-state index contributed by atoms with van der Waals surface area (Å²) in [6, 6.07) is 6.18. The molecule has 0 amide bonds. The fourth-order valence-electron chi connectivity index (χ4n) is 2.32. The molecule has 0 aromatic heterocycles. The van der Waals surface area contributed by atoms with Crippen LogP contribution in [0.5, 0.6) is 0 Å². The maximum atomic E-state index is 12.2. The number of aliphatic hydroxyl groups is 1. The number of benzene rings is 1. The van der Waals surface area contributed by atoms with Crippen molar-refractivity contribution in [3.8, 4) is 0 Å². The lowest BCUT2D eigenvalue weighted by Crippen LogP contribution is -2.33. The van der Waals surface area contributed by atoms with Crippen molar-refractivity contribution in [2.45, 2.75) is 42.9 Å². The molecule has 106 valence electrons. The molecule has 2 atom stereocenters. The molecule has 0 bridgehead atoms. The molecular weight excluding hydrogens is 266 g/mol. The number of ether oxygens (including phenoxy) is 1. The summed E-state index contributed by atoms with van der Waals surface area (Å²) in [4.78, 5) is 0.227. The Bertz CT molecular complexity index is 512. The van der Waals surface area contributed by atoms with Crippen LogP contribution in [0.25, 0.3) is 0 Å². The summed E-state index contributed by atoms with van der Waals surface area (Å²) in [5.74, 6) is 0. The Labute approximate surface area is 113 Å². The molecular formula is C13H19NO4S. The van der Waals surface area contributed by atoms with Gasteiger partial charge in [0.05, 0.1) is 17.6 Å². The first-order valence-electron chi connectivity index (χ1n) is 6.30. The Hall–Kier alpha value is -0.950. The summed E-state index contributed by atoms with van der Waals surface area (Å²) in [6.45, 7) is -0.0914. The van der Waals surface area contributed by atoms with E-state index >= 15 is 0 Å². The highest BCUT2D eigenvalue weighted by Gasteiger charge is 2.28. The number of sulfonamides is 1. The van der Waals surface area contributed by atoms with E-state index in [9.17, 15) is 8.42 Å². The van der Waals surface area contributed by atoms with Gasteiger partial charge in [0.1, 0.15) is 0 Å². The second-order valence-electron chi connectivity index (χ2n) is 4.79. The Morgan fingerprint density at radius 3 is 2.53 bits per heavy atom. The van der Waals surface area contributed by atoms with Crippen LogP contribution in [0.15, 0.2) is 29.2 Å². The highest BCUT2D eigenvalue weighted by Crippen LogP contribution is 2.23. The molecule has 5 nitrogen and oxygen atoms in total. The number of hydrogen-bond donors (Lipinski definition) is 2. The van der Waals surface area contributed by atoms with Crippen LogP contribution in [0.2, 0.25) is 0 Å². The quantitative estimate of drug-likeness (QED) is 0.847. The smallest absolute Gasteiger partial charge is 0.240 e. The molecule has 1 saturated carbocycles. The second-order valence-corrected chi connectivity index (χ2v) is 6.51. The van der Waals surface area contributed by atoms with E-state index in [2.05, 4.69) is 4.72 Å². The minimum absolute atomic E-state index is 0.0625. The fourth-order valence-corrected chi connectivity index (χ4v) is 3.61. The van der Waals surface area contributed by atoms with Gasteiger partial charge in [-0.1, -0.05) is 12.1 Å². The molecule has 2 unspecified atom stereocenters. The van der Waals surface area contributed by atoms with Gasteiger partial charge in [0.15, 0.2) is 0 Å².